The molecule has 2 amide bonds. The molecule has 0 aromatic heterocycles. The first-order valence-corrected chi connectivity index (χ1v) is 9.74. The Kier molecular flexibility index (Phi) is 14.6. The first-order chi connectivity index (χ1) is 13.3. The van der Waals surface area contributed by atoms with Crippen molar-refractivity contribution in [2.24, 2.45) is 10.8 Å². The van der Waals surface area contributed by atoms with Crippen LogP contribution in [0.3, 0.4) is 0 Å². The molecule has 0 fully saturated rings. The Balaban J connectivity index is 0. The van der Waals surface area contributed by atoms with E-state index in [9.17, 15) is 19.2 Å². The summed E-state index contributed by atoms with van der Waals surface area (Å²) < 4.78 is 14.4. The van der Waals surface area contributed by atoms with E-state index >= 15 is 0 Å². The first-order valence-electron chi connectivity index (χ1n) is 9.74. The van der Waals surface area contributed by atoms with E-state index in [1.807, 2.05) is 27.7 Å². The minimum absolute atomic E-state index is 0.0913. The fourth-order valence-corrected chi connectivity index (χ4v) is 1.48. The average Bonchev–Trinajstić information content (AvgIpc) is 2.67. The van der Waals surface area contributed by atoms with Crippen molar-refractivity contribution in [3.8, 4) is 0 Å². The molecule has 2 N–H and O–H groups in total. The molecule has 0 bridgehead atoms. The molecule has 0 saturated carbocycles. The molecule has 0 unspecified atom stereocenters. The van der Waals surface area contributed by atoms with Crippen LogP contribution in [0, 0.1) is 10.8 Å². The van der Waals surface area contributed by atoms with Crippen molar-refractivity contribution in [1.29, 1.82) is 0 Å². The minimum Gasteiger partial charge on any atom is -0.469 e. The molecule has 0 atom stereocenters. The molecule has 0 radical (unpaired) electrons. The number of alkyl carbamates (subject to hydrolysis) is 1. The number of ether oxygens (including phenoxy) is 3. The summed E-state index contributed by atoms with van der Waals surface area (Å²) in [6.07, 6.45) is 0.894. The van der Waals surface area contributed by atoms with Crippen LogP contribution < -0.4 is 10.6 Å². The van der Waals surface area contributed by atoms with E-state index in [1.165, 1.54) is 14.0 Å². The fourth-order valence-electron chi connectivity index (χ4n) is 1.48. The second kappa shape index (κ2) is 14.6. The zero-order valence-electron chi connectivity index (χ0n) is 19.1. The lowest BCUT2D eigenvalue weighted by Gasteiger charge is -2.20. The van der Waals surface area contributed by atoms with Gasteiger partial charge in [-0.15, -0.1) is 0 Å². The molecule has 29 heavy (non-hydrogen) atoms. The van der Waals surface area contributed by atoms with Gasteiger partial charge in [-0.1, -0.05) is 13.8 Å². The molecule has 0 aliphatic heterocycles. The van der Waals surface area contributed by atoms with Gasteiger partial charge < -0.3 is 24.8 Å². The number of rotatable bonds is 10. The second-order valence-electron chi connectivity index (χ2n) is 7.65. The molecule has 0 rings (SSSR count). The summed E-state index contributed by atoms with van der Waals surface area (Å²) in [5.41, 5.74) is -0.826. The largest absolute Gasteiger partial charge is 0.469 e. The number of hydrogen-bond acceptors (Lipinski definition) is 7. The smallest absolute Gasteiger partial charge is 0.407 e. The minimum atomic E-state index is -0.610. The van der Waals surface area contributed by atoms with Gasteiger partial charge in [0.15, 0.2) is 0 Å². The van der Waals surface area contributed by atoms with E-state index in [0.717, 1.165) is 6.42 Å². The van der Waals surface area contributed by atoms with Crippen LogP contribution in [0.15, 0.2) is 0 Å². The van der Waals surface area contributed by atoms with E-state index < -0.39 is 11.5 Å². The molecule has 0 aliphatic carbocycles. The van der Waals surface area contributed by atoms with Crippen LogP contribution in [-0.4, -0.2) is 57.4 Å². The number of amides is 2. The highest BCUT2D eigenvalue weighted by atomic mass is 16.6. The Morgan fingerprint density at radius 2 is 1.21 bits per heavy atom. The van der Waals surface area contributed by atoms with Gasteiger partial charge in [0, 0.05) is 6.92 Å². The molecule has 0 aromatic rings. The molecular formula is C20H38N2O7. The normalized spacial score (nSPS) is 10.8. The predicted octanol–water partition coefficient (Wildman–Crippen LogP) is 2.42. The van der Waals surface area contributed by atoms with Gasteiger partial charge in [-0.3, -0.25) is 14.4 Å². The van der Waals surface area contributed by atoms with Crippen molar-refractivity contribution >= 4 is 23.9 Å². The highest BCUT2D eigenvalue weighted by Crippen LogP contribution is 2.21. The predicted molar refractivity (Wildman–Crippen MR) is 109 cm³/mol. The summed E-state index contributed by atoms with van der Waals surface area (Å²) >= 11 is 0. The number of esters is 2. The number of hydrogen-bond donors (Lipinski definition) is 2. The van der Waals surface area contributed by atoms with Crippen LogP contribution in [0.4, 0.5) is 4.79 Å². The third-order valence-electron chi connectivity index (χ3n) is 4.37. The second-order valence-corrected chi connectivity index (χ2v) is 7.65. The molecule has 9 heteroatoms. The highest BCUT2D eigenvalue weighted by Gasteiger charge is 2.27. The lowest BCUT2D eigenvalue weighted by molar-refractivity contribution is -0.154. The summed E-state index contributed by atoms with van der Waals surface area (Å²) in [6.45, 7) is 13.3. The van der Waals surface area contributed by atoms with E-state index in [-0.39, 0.29) is 49.6 Å². The van der Waals surface area contributed by atoms with Gasteiger partial charge in [-0.2, -0.15) is 0 Å². The van der Waals surface area contributed by atoms with Crippen LogP contribution >= 0.6 is 0 Å². The van der Waals surface area contributed by atoms with Crippen LogP contribution in [-0.2, 0) is 28.6 Å². The van der Waals surface area contributed by atoms with Crippen molar-refractivity contribution in [1.82, 2.24) is 10.6 Å². The summed E-state index contributed by atoms with van der Waals surface area (Å²) in [5.74, 6) is -0.606. The van der Waals surface area contributed by atoms with Crippen LogP contribution in [0.2, 0.25) is 0 Å². The van der Waals surface area contributed by atoms with Crippen LogP contribution in [0.1, 0.15) is 61.3 Å². The monoisotopic (exact) mass is 418 g/mol. The standard InChI is InChI=1S/C13H24N2O5.C7H14O2/c1-5-13(3,4)11(17)19-8-7-15-12(18)20-9-6-14-10(2)16;1-5-7(2,3)6(8)9-4/h5-9H2,1-4H3,(H,14,16)(H,15,18);5H2,1-4H3. The van der Waals surface area contributed by atoms with Crippen molar-refractivity contribution in [2.45, 2.75) is 61.3 Å². The van der Waals surface area contributed by atoms with Crippen LogP contribution in [0.25, 0.3) is 0 Å². The van der Waals surface area contributed by atoms with Gasteiger partial charge in [-0.05, 0) is 40.5 Å². The maximum atomic E-state index is 11.6. The van der Waals surface area contributed by atoms with E-state index in [1.54, 1.807) is 13.8 Å². The third kappa shape index (κ3) is 14.3. The quantitative estimate of drug-likeness (QED) is 0.317. The Bertz CT molecular complexity index is 531. The number of carbonyl (C=O) groups is 4. The Morgan fingerprint density at radius 3 is 1.62 bits per heavy atom. The van der Waals surface area contributed by atoms with E-state index in [2.05, 4.69) is 15.4 Å². The van der Waals surface area contributed by atoms with Crippen LogP contribution in [0.5, 0.6) is 0 Å². The first kappa shape index (κ1) is 28.9. The SMILES string of the molecule is CCC(C)(C)C(=O)OC.CCC(C)(C)C(=O)OCCNC(=O)OCCNC(C)=O. The number of methoxy groups -OCH3 is 1. The summed E-state index contributed by atoms with van der Waals surface area (Å²) in [6, 6.07) is 0. The van der Waals surface area contributed by atoms with Gasteiger partial charge in [0.1, 0.15) is 13.2 Å². The van der Waals surface area contributed by atoms with Crippen molar-refractivity contribution in [2.75, 3.05) is 33.4 Å². The lowest BCUT2D eigenvalue weighted by atomic mass is 9.91. The summed E-state index contributed by atoms with van der Waals surface area (Å²) in [7, 11) is 1.42. The molecule has 170 valence electrons. The van der Waals surface area contributed by atoms with E-state index in [4.69, 9.17) is 9.47 Å². The average molecular weight is 419 g/mol. The highest BCUT2D eigenvalue weighted by molar-refractivity contribution is 5.76. The Morgan fingerprint density at radius 1 is 0.759 bits per heavy atom. The van der Waals surface area contributed by atoms with Gasteiger partial charge >= 0.3 is 18.0 Å². The fraction of sp³-hybridized carbons (Fsp3) is 0.800. The van der Waals surface area contributed by atoms with Crippen molar-refractivity contribution in [3.05, 3.63) is 0 Å². The molecular weight excluding hydrogens is 380 g/mol. The molecule has 0 heterocycles. The Hall–Kier alpha value is -2.32. The lowest BCUT2D eigenvalue weighted by Crippen LogP contribution is -2.33. The summed E-state index contributed by atoms with van der Waals surface area (Å²) in [5, 5.41) is 4.94. The molecule has 0 saturated heterocycles. The molecule has 0 aromatic carbocycles. The number of nitrogens with one attached hydrogen (secondary N) is 2. The maximum absolute atomic E-state index is 11.6. The zero-order valence-corrected chi connectivity index (χ0v) is 19.1. The molecule has 9 nitrogen and oxygen atoms in total. The van der Waals surface area contributed by atoms with Crippen molar-refractivity contribution in [3.63, 3.8) is 0 Å². The Labute approximate surface area is 174 Å². The zero-order chi connectivity index (χ0) is 23.1. The topological polar surface area (TPSA) is 120 Å². The maximum Gasteiger partial charge on any atom is 0.407 e. The summed E-state index contributed by atoms with van der Waals surface area (Å²) in [4.78, 5) is 44.2. The van der Waals surface area contributed by atoms with E-state index in [0.29, 0.717) is 6.42 Å². The van der Waals surface area contributed by atoms with Gasteiger partial charge in [0.25, 0.3) is 0 Å². The van der Waals surface area contributed by atoms with Gasteiger partial charge in [-0.25, -0.2) is 4.79 Å². The van der Waals surface area contributed by atoms with Gasteiger partial charge in [0.05, 0.1) is 31.0 Å². The third-order valence-corrected chi connectivity index (χ3v) is 4.37. The van der Waals surface area contributed by atoms with Crippen molar-refractivity contribution < 1.29 is 33.4 Å². The molecule has 0 spiro atoms. The molecule has 0 aliphatic rings. The number of carbonyl (C=O) groups excluding carboxylic acids is 4. The van der Waals surface area contributed by atoms with Gasteiger partial charge in [0.2, 0.25) is 5.91 Å².